The maximum Gasteiger partial charge on any atom is 0.329 e. The number of aliphatic carboxylic acids is 1. The maximum absolute atomic E-state index is 10.3. The summed E-state index contributed by atoms with van der Waals surface area (Å²) in [7, 11) is 0. The summed E-state index contributed by atoms with van der Waals surface area (Å²) in [6.45, 7) is 1.95. The Bertz CT molecular complexity index is 171. The first-order chi connectivity index (χ1) is 5.22. The number of aliphatic imine (C=N–C) groups is 1. The molecule has 0 aromatic carbocycles. The van der Waals surface area contributed by atoms with Crippen molar-refractivity contribution in [2.45, 2.75) is 32.2 Å². The number of nitrogens with zero attached hydrogens (tertiary/aromatic N) is 1. The van der Waals surface area contributed by atoms with Crippen molar-refractivity contribution in [1.29, 1.82) is 0 Å². The second kappa shape index (κ2) is 5.62. The van der Waals surface area contributed by atoms with Gasteiger partial charge in [0.15, 0.2) is 6.04 Å². The van der Waals surface area contributed by atoms with Crippen molar-refractivity contribution in [3.8, 4) is 0 Å². The predicted molar refractivity (Wildman–Crippen MR) is 39.1 cm³/mol. The average molecular weight is 157 g/mol. The zero-order valence-electron chi connectivity index (χ0n) is 6.41. The molecule has 11 heavy (non-hydrogen) atoms. The van der Waals surface area contributed by atoms with E-state index in [9.17, 15) is 9.59 Å². The van der Waals surface area contributed by atoms with Crippen molar-refractivity contribution >= 4 is 12.0 Å². The van der Waals surface area contributed by atoms with Gasteiger partial charge < -0.3 is 5.11 Å². The molecule has 1 N–H and O–H groups in total. The molecule has 0 radical (unpaired) electrons. The second-order valence-electron chi connectivity index (χ2n) is 2.22. The quantitative estimate of drug-likeness (QED) is 0.477. The van der Waals surface area contributed by atoms with Gasteiger partial charge in [0.05, 0.1) is 0 Å². The van der Waals surface area contributed by atoms with E-state index in [1.54, 1.807) is 0 Å². The molecule has 0 fully saturated rings. The molecule has 0 spiro atoms. The van der Waals surface area contributed by atoms with Crippen LogP contribution in [0.25, 0.3) is 0 Å². The molecule has 0 aliphatic heterocycles. The number of carboxylic acids is 1. The van der Waals surface area contributed by atoms with E-state index in [1.807, 2.05) is 6.92 Å². The smallest absolute Gasteiger partial charge is 0.329 e. The van der Waals surface area contributed by atoms with Crippen LogP contribution in [0.1, 0.15) is 26.2 Å². The first-order valence-corrected chi connectivity index (χ1v) is 3.52. The third kappa shape index (κ3) is 4.28. The molecule has 0 rings (SSSR count). The molecule has 0 amide bonds. The lowest BCUT2D eigenvalue weighted by molar-refractivity contribution is -0.138. The summed E-state index contributed by atoms with van der Waals surface area (Å²) in [6.07, 6.45) is 3.34. The normalized spacial score (nSPS) is 11.7. The molecule has 0 aromatic heterocycles. The Labute approximate surface area is 64.9 Å². The minimum atomic E-state index is -1.05. The fourth-order valence-electron chi connectivity index (χ4n) is 0.704. The van der Waals surface area contributed by atoms with E-state index in [4.69, 9.17) is 5.11 Å². The maximum atomic E-state index is 10.3. The second-order valence-corrected chi connectivity index (χ2v) is 2.22. The highest BCUT2D eigenvalue weighted by Gasteiger charge is 2.14. The lowest BCUT2D eigenvalue weighted by atomic mass is 10.1. The van der Waals surface area contributed by atoms with Crippen molar-refractivity contribution in [2.24, 2.45) is 4.99 Å². The van der Waals surface area contributed by atoms with Gasteiger partial charge in [-0.05, 0) is 6.42 Å². The van der Waals surface area contributed by atoms with Crippen molar-refractivity contribution in [1.82, 2.24) is 0 Å². The van der Waals surface area contributed by atoms with Gasteiger partial charge in [-0.2, -0.15) is 4.99 Å². The molecule has 0 heterocycles. The molecular formula is C7H11NO3. The number of unbranched alkanes of at least 4 members (excludes halogenated alkanes) is 1. The third-order valence-corrected chi connectivity index (χ3v) is 1.32. The summed E-state index contributed by atoms with van der Waals surface area (Å²) >= 11 is 0. The largest absolute Gasteiger partial charge is 0.480 e. The number of isocyanates is 1. The van der Waals surface area contributed by atoms with Crippen LogP contribution >= 0.6 is 0 Å². The lowest BCUT2D eigenvalue weighted by Gasteiger charge is -2.01. The van der Waals surface area contributed by atoms with Crippen molar-refractivity contribution in [3.05, 3.63) is 0 Å². The molecule has 1 atom stereocenters. The molecule has 0 aromatic rings. The first kappa shape index (κ1) is 9.85. The zero-order valence-corrected chi connectivity index (χ0v) is 6.41. The van der Waals surface area contributed by atoms with Crippen molar-refractivity contribution in [3.63, 3.8) is 0 Å². The number of rotatable bonds is 5. The van der Waals surface area contributed by atoms with Gasteiger partial charge in [-0.1, -0.05) is 19.8 Å². The number of carbonyl (C=O) groups excluding carboxylic acids is 1. The topological polar surface area (TPSA) is 66.7 Å². The van der Waals surface area contributed by atoms with Crippen LogP contribution in [0.3, 0.4) is 0 Å². The molecule has 0 bridgehead atoms. The summed E-state index contributed by atoms with van der Waals surface area (Å²) < 4.78 is 0. The Balaban J connectivity index is 3.89. The predicted octanol–water partition coefficient (Wildman–Crippen LogP) is 0.966. The Kier molecular flexibility index (Phi) is 5.03. The lowest BCUT2D eigenvalue weighted by Crippen LogP contribution is -2.17. The molecular weight excluding hydrogens is 146 g/mol. The Morgan fingerprint density at radius 1 is 1.73 bits per heavy atom. The number of carboxylic acid groups (broad SMARTS) is 1. The molecule has 0 saturated carbocycles. The number of carbonyl (C=O) groups is 1. The molecule has 4 heteroatoms. The van der Waals surface area contributed by atoms with E-state index >= 15 is 0 Å². The van der Waals surface area contributed by atoms with Crippen molar-refractivity contribution < 1.29 is 14.7 Å². The fourth-order valence-corrected chi connectivity index (χ4v) is 0.704. The van der Waals surface area contributed by atoms with E-state index < -0.39 is 12.0 Å². The van der Waals surface area contributed by atoms with Crippen LogP contribution in [0.2, 0.25) is 0 Å². The van der Waals surface area contributed by atoms with Gasteiger partial charge in [-0.25, -0.2) is 9.59 Å². The first-order valence-electron chi connectivity index (χ1n) is 3.52. The van der Waals surface area contributed by atoms with Crippen LogP contribution in [0, 0.1) is 0 Å². The summed E-state index contributed by atoms with van der Waals surface area (Å²) in [5.41, 5.74) is 0. The van der Waals surface area contributed by atoms with Crippen LogP contribution in [-0.2, 0) is 9.59 Å². The van der Waals surface area contributed by atoms with Crippen LogP contribution in [-0.4, -0.2) is 23.2 Å². The Morgan fingerprint density at radius 2 is 2.36 bits per heavy atom. The van der Waals surface area contributed by atoms with Crippen molar-refractivity contribution in [2.75, 3.05) is 0 Å². The van der Waals surface area contributed by atoms with E-state index in [1.165, 1.54) is 6.08 Å². The molecule has 0 saturated heterocycles. The zero-order chi connectivity index (χ0) is 8.69. The van der Waals surface area contributed by atoms with E-state index in [2.05, 4.69) is 4.99 Å². The highest BCUT2D eigenvalue weighted by Crippen LogP contribution is 2.03. The SMILES string of the molecule is CCCC[C@H](N=C=O)C(=O)O. The van der Waals surface area contributed by atoms with Crippen LogP contribution in [0.4, 0.5) is 0 Å². The van der Waals surface area contributed by atoms with Crippen LogP contribution < -0.4 is 0 Å². The summed E-state index contributed by atoms with van der Waals surface area (Å²) in [5.74, 6) is -1.05. The number of hydrogen-bond donors (Lipinski definition) is 1. The molecule has 62 valence electrons. The third-order valence-electron chi connectivity index (χ3n) is 1.32. The van der Waals surface area contributed by atoms with E-state index in [0.29, 0.717) is 6.42 Å². The molecule has 0 aliphatic rings. The van der Waals surface area contributed by atoms with Gasteiger partial charge in [-0.3, -0.25) is 0 Å². The Morgan fingerprint density at radius 3 is 2.73 bits per heavy atom. The molecule has 4 nitrogen and oxygen atoms in total. The van der Waals surface area contributed by atoms with Gasteiger partial charge in [0.2, 0.25) is 6.08 Å². The summed E-state index contributed by atoms with van der Waals surface area (Å²) in [6, 6.07) is -0.896. The standard InChI is InChI=1S/C7H11NO3/c1-2-3-4-6(7(10)11)8-5-9/h6H,2-4H2,1H3,(H,10,11)/t6-/m0/s1. The van der Waals surface area contributed by atoms with Gasteiger partial charge in [0.25, 0.3) is 0 Å². The van der Waals surface area contributed by atoms with Gasteiger partial charge in [-0.15, -0.1) is 0 Å². The molecule has 0 unspecified atom stereocenters. The van der Waals surface area contributed by atoms with Crippen LogP contribution in [0.5, 0.6) is 0 Å². The monoisotopic (exact) mass is 157 g/mol. The minimum absolute atomic E-state index is 0.418. The fraction of sp³-hybridized carbons (Fsp3) is 0.714. The molecule has 0 aliphatic carbocycles. The highest BCUT2D eigenvalue weighted by molar-refractivity contribution is 5.74. The van der Waals surface area contributed by atoms with E-state index in [0.717, 1.165) is 12.8 Å². The summed E-state index contributed by atoms with van der Waals surface area (Å²) in [4.78, 5) is 23.2. The number of hydrogen-bond acceptors (Lipinski definition) is 3. The van der Waals surface area contributed by atoms with Gasteiger partial charge in [0.1, 0.15) is 0 Å². The van der Waals surface area contributed by atoms with Gasteiger partial charge >= 0.3 is 5.97 Å². The Hall–Kier alpha value is -1.15. The minimum Gasteiger partial charge on any atom is -0.480 e. The average Bonchev–Trinajstić information content (AvgIpc) is 1.97. The van der Waals surface area contributed by atoms with E-state index in [-0.39, 0.29) is 0 Å². The summed E-state index contributed by atoms with van der Waals surface area (Å²) in [5, 5.41) is 8.46. The highest BCUT2D eigenvalue weighted by atomic mass is 16.4. The van der Waals surface area contributed by atoms with Gasteiger partial charge in [0, 0.05) is 0 Å². The van der Waals surface area contributed by atoms with Crippen LogP contribution in [0.15, 0.2) is 4.99 Å².